The molecule has 7 nitrogen and oxygen atoms in total. The van der Waals surface area contributed by atoms with Gasteiger partial charge in [-0.05, 0) is 18.9 Å². The van der Waals surface area contributed by atoms with Crippen molar-refractivity contribution in [3.05, 3.63) is 24.5 Å². The molecule has 51 heavy (non-hydrogen) atoms. The second-order valence-corrected chi connectivity index (χ2v) is 17.0. The summed E-state index contributed by atoms with van der Waals surface area (Å²) < 4.78 is 37.6. The van der Waals surface area contributed by atoms with Crippen molar-refractivity contribution in [2.45, 2.75) is 201 Å². The van der Waals surface area contributed by atoms with Gasteiger partial charge in [-0.15, -0.1) is 0 Å². The summed E-state index contributed by atoms with van der Waals surface area (Å²) in [6.07, 6.45) is 40.7. The second kappa shape index (κ2) is 33.6. The molecule has 1 atom stereocenters. The standard InChI is InChI=1S/C43H82NO6P/c1-5-7-9-11-13-15-17-19-21-23-25-27-29-31-36-47-39-43(3,41-49-51(45,46)50-42-34-33-35-44(4)38-42)40-48-37-32-30-28-26-24-22-20-18-16-14-12-10-8-6-2/h33-35,38H,5-32,36-37,39-41H2,1-4H3/p+1. The number of phosphoric acid groups is 1. The van der Waals surface area contributed by atoms with Gasteiger partial charge in [-0.25, -0.2) is 9.13 Å². The highest BCUT2D eigenvalue weighted by Gasteiger charge is 2.32. The summed E-state index contributed by atoms with van der Waals surface area (Å²) >= 11 is 0. The first-order valence-electron chi connectivity index (χ1n) is 21.6. The lowest BCUT2D eigenvalue weighted by Crippen LogP contribution is -2.34. The first-order chi connectivity index (χ1) is 24.8. The number of ether oxygens (including phenoxy) is 2. The van der Waals surface area contributed by atoms with E-state index in [1.54, 1.807) is 22.9 Å². The molecule has 300 valence electrons. The van der Waals surface area contributed by atoms with Gasteiger partial charge < -0.3 is 14.0 Å². The van der Waals surface area contributed by atoms with Crippen LogP contribution in [-0.2, 0) is 25.6 Å². The smallest absolute Gasteiger partial charge is 0.398 e. The van der Waals surface area contributed by atoms with E-state index in [9.17, 15) is 9.46 Å². The molecule has 0 aliphatic carbocycles. The van der Waals surface area contributed by atoms with Crippen molar-refractivity contribution < 1.29 is 32.5 Å². The summed E-state index contributed by atoms with van der Waals surface area (Å²) in [4.78, 5) is 10.5. The number of rotatable bonds is 39. The van der Waals surface area contributed by atoms with Crippen molar-refractivity contribution in [2.24, 2.45) is 12.5 Å². The van der Waals surface area contributed by atoms with Crippen LogP contribution >= 0.6 is 7.82 Å². The molecule has 1 heterocycles. The van der Waals surface area contributed by atoms with E-state index in [-0.39, 0.29) is 12.4 Å². The third kappa shape index (κ3) is 31.1. The summed E-state index contributed by atoms with van der Waals surface area (Å²) in [5, 5.41) is 0. The molecule has 0 saturated carbocycles. The van der Waals surface area contributed by atoms with Crippen LogP contribution in [0.3, 0.4) is 0 Å². The molecular formula is C43H83NO6P+. The van der Waals surface area contributed by atoms with Gasteiger partial charge in [0.15, 0.2) is 11.9 Å². The summed E-state index contributed by atoms with van der Waals surface area (Å²) in [6, 6.07) is 3.40. The third-order valence-electron chi connectivity index (χ3n) is 9.90. The van der Waals surface area contributed by atoms with Gasteiger partial charge in [-0.2, -0.15) is 0 Å². The van der Waals surface area contributed by atoms with E-state index < -0.39 is 13.2 Å². The number of nitrogens with zero attached hydrogens (tertiary/aromatic N) is 1. The van der Waals surface area contributed by atoms with Gasteiger partial charge in [-0.3, -0.25) is 9.42 Å². The zero-order valence-corrected chi connectivity index (χ0v) is 34.9. The second-order valence-electron chi connectivity index (χ2n) is 15.6. The van der Waals surface area contributed by atoms with E-state index in [0.717, 1.165) is 12.8 Å². The zero-order valence-electron chi connectivity index (χ0n) is 34.0. The molecule has 0 aliphatic rings. The molecule has 1 unspecified atom stereocenters. The molecule has 1 aromatic rings. The molecule has 0 bridgehead atoms. The molecule has 0 amide bonds. The van der Waals surface area contributed by atoms with E-state index in [2.05, 4.69) is 13.8 Å². The maximum atomic E-state index is 12.8. The Balaban J connectivity index is 2.27. The average molecular weight is 741 g/mol. The first kappa shape index (κ1) is 48.0. The van der Waals surface area contributed by atoms with Crippen LogP contribution in [0.1, 0.15) is 201 Å². The fourth-order valence-corrected chi connectivity index (χ4v) is 7.47. The Kier molecular flexibility index (Phi) is 31.6. The SMILES string of the molecule is CCCCCCCCCCCCCCCCOCC(C)(COCCCCCCCCCCCCCCCC)COP(=O)(O)Oc1ccc[n+](C)c1. The molecule has 0 aliphatic heterocycles. The Bertz CT molecular complexity index is 911. The lowest BCUT2D eigenvalue weighted by atomic mass is 9.94. The molecule has 0 radical (unpaired) electrons. The van der Waals surface area contributed by atoms with Gasteiger partial charge in [0.25, 0.3) is 0 Å². The summed E-state index contributed by atoms with van der Waals surface area (Å²) in [5.41, 5.74) is -0.560. The van der Waals surface area contributed by atoms with E-state index in [0.29, 0.717) is 26.4 Å². The molecule has 1 rings (SSSR count). The first-order valence-corrected chi connectivity index (χ1v) is 23.1. The molecule has 0 fully saturated rings. The Morgan fingerprint density at radius 1 is 0.588 bits per heavy atom. The third-order valence-corrected chi connectivity index (χ3v) is 10.8. The minimum Gasteiger partial charge on any atom is -0.398 e. The van der Waals surface area contributed by atoms with Crippen LogP contribution in [0.4, 0.5) is 0 Å². The van der Waals surface area contributed by atoms with Crippen LogP contribution in [0.25, 0.3) is 0 Å². The van der Waals surface area contributed by atoms with Gasteiger partial charge in [-0.1, -0.05) is 188 Å². The Morgan fingerprint density at radius 3 is 1.29 bits per heavy atom. The molecular weight excluding hydrogens is 657 g/mol. The van der Waals surface area contributed by atoms with Crippen LogP contribution < -0.4 is 9.09 Å². The van der Waals surface area contributed by atoms with Crippen LogP contribution in [0, 0.1) is 5.41 Å². The van der Waals surface area contributed by atoms with Crippen LogP contribution in [0.2, 0.25) is 0 Å². The van der Waals surface area contributed by atoms with E-state index >= 15 is 0 Å². The highest BCUT2D eigenvalue weighted by Crippen LogP contribution is 2.45. The normalized spacial score (nSPS) is 13.1. The number of hydrogen-bond acceptors (Lipinski definition) is 5. The van der Waals surface area contributed by atoms with Crippen molar-refractivity contribution >= 4 is 7.82 Å². The molecule has 1 aromatic heterocycles. The number of hydrogen-bond donors (Lipinski definition) is 1. The van der Waals surface area contributed by atoms with Crippen molar-refractivity contribution in [1.29, 1.82) is 0 Å². The minimum absolute atomic E-state index is 0.0111. The number of aryl methyl sites for hydroxylation is 1. The summed E-state index contributed by atoms with van der Waals surface area (Å²) in [6.45, 7) is 8.75. The average Bonchev–Trinajstić information content (AvgIpc) is 3.10. The van der Waals surface area contributed by atoms with Gasteiger partial charge in [0.05, 0.1) is 19.8 Å². The summed E-state index contributed by atoms with van der Waals surface area (Å²) in [7, 11) is -2.48. The maximum Gasteiger partial charge on any atom is 0.527 e. The number of unbranched alkanes of at least 4 members (excludes halogenated alkanes) is 26. The predicted molar refractivity (Wildman–Crippen MR) is 214 cm³/mol. The molecule has 1 N–H and O–H groups in total. The van der Waals surface area contributed by atoms with Crippen molar-refractivity contribution in [1.82, 2.24) is 0 Å². The Hall–Kier alpha value is -0.980. The largest absolute Gasteiger partial charge is 0.527 e. The predicted octanol–water partition coefficient (Wildman–Crippen LogP) is 13.0. The topological polar surface area (TPSA) is 78.1 Å². The van der Waals surface area contributed by atoms with E-state index in [4.69, 9.17) is 18.5 Å². The van der Waals surface area contributed by atoms with Crippen LogP contribution in [-0.4, -0.2) is 37.9 Å². The fraction of sp³-hybridized carbons (Fsp3) is 0.884. The highest BCUT2D eigenvalue weighted by molar-refractivity contribution is 7.47. The maximum absolute atomic E-state index is 12.8. The fourth-order valence-electron chi connectivity index (χ4n) is 6.57. The number of pyridine rings is 1. The van der Waals surface area contributed by atoms with E-state index in [1.165, 1.54) is 167 Å². The minimum atomic E-state index is -4.31. The van der Waals surface area contributed by atoms with Gasteiger partial charge in [0.2, 0.25) is 6.20 Å². The van der Waals surface area contributed by atoms with Gasteiger partial charge in [0, 0.05) is 24.7 Å². The lowest BCUT2D eigenvalue weighted by molar-refractivity contribution is -0.671. The van der Waals surface area contributed by atoms with Gasteiger partial charge >= 0.3 is 7.82 Å². The number of aromatic nitrogens is 1. The lowest BCUT2D eigenvalue weighted by Gasteiger charge is -2.29. The zero-order chi connectivity index (χ0) is 37.1. The molecule has 0 aromatic carbocycles. The van der Waals surface area contributed by atoms with Gasteiger partial charge in [0.1, 0.15) is 7.05 Å². The molecule has 8 heteroatoms. The Morgan fingerprint density at radius 2 is 0.941 bits per heavy atom. The Labute approximate surface area is 316 Å². The number of phosphoric ester groups is 1. The quantitative estimate of drug-likeness (QED) is 0.0411. The highest BCUT2D eigenvalue weighted by atomic mass is 31.2. The molecule has 0 spiro atoms. The monoisotopic (exact) mass is 741 g/mol. The van der Waals surface area contributed by atoms with Crippen LogP contribution in [0.15, 0.2) is 24.5 Å². The van der Waals surface area contributed by atoms with Crippen molar-refractivity contribution in [3.63, 3.8) is 0 Å². The van der Waals surface area contributed by atoms with E-state index in [1.807, 2.05) is 20.2 Å². The summed E-state index contributed by atoms with van der Waals surface area (Å²) in [5.74, 6) is 0.288. The molecule has 0 saturated heterocycles. The van der Waals surface area contributed by atoms with Crippen molar-refractivity contribution in [2.75, 3.05) is 33.0 Å². The van der Waals surface area contributed by atoms with Crippen molar-refractivity contribution in [3.8, 4) is 5.75 Å². The van der Waals surface area contributed by atoms with Crippen LogP contribution in [0.5, 0.6) is 5.75 Å².